The van der Waals surface area contributed by atoms with Gasteiger partial charge in [-0.15, -0.1) is 0 Å². The van der Waals surface area contributed by atoms with Crippen molar-refractivity contribution in [2.45, 2.75) is 71.7 Å². The van der Waals surface area contributed by atoms with Gasteiger partial charge in [0.25, 0.3) is 0 Å². The van der Waals surface area contributed by atoms with Gasteiger partial charge in [0.05, 0.1) is 12.7 Å². The number of aliphatic hydroxyl groups excluding tert-OH is 4. The average molecular weight is 463 g/mol. The van der Waals surface area contributed by atoms with Gasteiger partial charge in [0.15, 0.2) is 0 Å². The van der Waals surface area contributed by atoms with Gasteiger partial charge in [0.1, 0.15) is 12.2 Å². The van der Waals surface area contributed by atoms with Gasteiger partial charge in [-0.1, -0.05) is 54.6 Å². The minimum absolute atomic E-state index is 0.281. The molecule has 4 N–H and O–H groups in total. The molecule has 3 aromatic rings. The predicted octanol–water partition coefficient (Wildman–Crippen LogP) is 4.53. The first-order valence-electron chi connectivity index (χ1n) is 11.9. The maximum atomic E-state index is 11.5. The standard InChI is InChI=1S/C30H38O4/c1-17-7-10-23(13-20(17)4)27(24-11-8-18(2)21(5)14-24)28(30(34)29(33)26(32)16-31)25-12-9-19(3)22(6)15-25/h7-15,26-34H,16H2,1-6H3/t26-,28-,29-,30+/m1/s1. The molecule has 0 aliphatic heterocycles. The Bertz CT molecular complexity index is 1090. The lowest BCUT2D eigenvalue weighted by molar-refractivity contribution is -0.0857. The van der Waals surface area contributed by atoms with Crippen LogP contribution in [0, 0.1) is 41.5 Å². The third kappa shape index (κ3) is 5.42. The van der Waals surface area contributed by atoms with Crippen molar-refractivity contribution in [2.24, 2.45) is 0 Å². The third-order valence-electron chi connectivity index (χ3n) is 7.35. The number of benzene rings is 3. The fourth-order valence-electron chi connectivity index (χ4n) is 4.63. The van der Waals surface area contributed by atoms with E-state index in [0.29, 0.717) is 0 Å². The summed E-state index contributed by atoms with van der Waals surface area (Å²) in [5.41, 5.74) is 9.82. The molecule has 4 nitrogen and oxygen atoms in total. The van der Waals surface area contributed by atoms with Gasteiger partial charge < -0.3 is 20.4 Å². The molecule has 34 heavy (non-hydrogen) atoms. The molecule has 0 saturated heterocycles. The van der Waals surface area contributed by atoms with Crippen LogP contribution in [0.1, 0.15) is 61.9 Å². The molecule has 4 atom stereocenters. The Morgan fingerprint density at radius 1 is 0.529 bits per heavy atom. The normalized spacial score (nSPS) is 15.3. The third-order valence-corrected chi connectivity index (χ3v) is 7.35. The molecule has 3 aromatic carbocycles. The summed E-state index contributed by atoms with van der Waals surface area (Å²) in [7, 11) is 0. The Hall–Kier alpha value is -2.50. The molecule has 0 aliphatic rings. The molecule has 0 unspecified atom stereocenters. The minimum atomic E-state index is -1.50. The SMILES string of the molecule is Cc1ccc(C(c2ccc(C)c(C)c2)[C@@H](c2ccc(C)c(C)c2)[C@H](O)[C@H](O)[C@H](O)CO)cc1C. The molecular weight excluding hydrogens is 424 g/mol. The Kier molecular flexibility index (Phi) is 8.32. The van der Waals surface area contributed by atoms with E-state index in [1.807, 2.05) is 26.0 Å². The van der Waals surface area contributed by atoms with Gasteiger partial charge in [-0.25, -0.2) is 0 Å². The van der Waals surface area contributed by atoms with Crippen molar-refractivity contribution in [3.63, 3.8) is 0 Å². The van der Waals surface area contributed by atoms with Crippen molar-refractivity contribution in [3.05, 3.63) is 105 Å². The van der Waals surface area contributed by atoms with E-state index in [9.17, 15) is 20.4 Å². The van der Waals surface area contributed by atoms with Crippen molar-refractivity contribution >= 4 is 0 Å². The molecule has 182 valence electrons. The van der Waals surface area contributed by atoms with Crippen LogP contribution >= 0.6 is 0 Å². The summed E-state index contributed by atoms with van der Waals surface area (Å²) >= 11 is 0. The zero-order chi connectivity index (χ0) is 25.2. The highest BCUT2D eigenvalue weighted by atomic mass is 16.4. The van der Waals surface area contributed by atoms with Crippen LogP contribution in [0.2, 0.25) is 0 Å². The summed E-state index contributed by atoms with van der Waals surface area (Å²) in [4.78, 5) is 0. The van der Waals surface area contributed by atoms with Gasteiger partial charge in [-0.3, -0.25) is 0 Å². The summed E-state index contributed by atoms with van der Waals surface area (Å²) in [6.45, 7) is 11.7. The van der Waals surface area contributed by atoms with E-state index in [4.69, 9.17) is 0 Å². The van der Waals surface area contributed by atoms with Crippen molar-refractivity contribution in [1.29, 1.82) is 0 Å². The highest BCUT2D eigenvalue weighted by molar-refractivity contribution is 5.45. The molecule has 0 radical (unpaired) electrons. The lowest BCUT2D eigenvalue weighted by Crippen LogP contribution is -2.44. The molecule has 0 spiro atoms. The summed E-state index contributed by atoms with van der Waals surface area (Å²) in [6, 6.07) is 18.7. The maximum absolute atomic E-state index is 11.5. The van der Waals surface area contributed by atoms with Crippen LogP contribution in [0.4, 0.5) is 0 Å². The number of aryl methyl sites for hydroxylation is 6. The maximum Gasteiger partial charge on any atom is 0.109 e. The predicted molar refractivity (Wildman–Crippen MR) is 137 cm³/mol. The Morgan fingerprint density at radius 2 is 0.912 bits per heavy atom. The molecule has 0 heterocycles. The molecular formula is C30H38O4. The van der Waals surface area contributed by atoms with Crippen LogP contribution in [0.15, 0.2) is 54.6 Å². The van der Waals surface area contributed by atoms with E-state index in [0.717, 1.165) is 38.9 Å². The largest absolute Gasteiger partial charge is 0.394 e. The van der Waals surface area contributed by atoms with Crippen LogP contribution in [-0.4, -0.2) is 45.3 Å². The highest BCUT2D eigenvalue weighted by Crippen LogP contribution is 2.43. The second kappa shape index (κ2) is 10.8. The zero-order valence-electron chi connectivity index (χ0n) is 21.1. The van der Waals surface area contributed by atoms with Crippen molar-refractivity contribution in [3.8, 4) is 0 Å². The first-order valence-corrected chi connectivity index (χ1v) is 11.9. The van der Waals surface area contributed by atoms with E-state index in [1.165, 1.54) is 11.1 Å². The van der Waals surface area contributed by atoms with E-state index in [2.05, 4.69) is 70.2 Å². The molecule has 0 saturated carbocycles. The van der Waals surface area contributed by atoms with E-state index < -0.39 is 30.8 Å². The molecule has 4 heteroatoms. The topological polar surface area (TPSA) is 80.9 Å². The van der Waals surface area contributed by atoms with Crippen LogP contribution in [0.25, 0.3) is 0 Å². The number of hydrogen-bond acceptors (Lipinski definition) is 4. The molecule has 0 amide bonds. The highest BCUT2D eigenvalue weighted by Gasteiger charge is 2.38. The molecule has 0 aromatic heterocycles. The van der Waals surface area contributed by atoms with Gasteiger partial charge in [-0.05, 0) is 91.6 Å². The fraction of sp³-hybridized carbons (Fsp3) is 0.400. The molecule has 3 rings (SSSR count). The Morgan fingerprint density at radius 3 is 1.29 bits per heavy atom. The van der Waals surface area contributed by atoms with Crippen molar-refractivity contribution in [2.75, 3.05) is 6.61 Å². The zero-order valence-corrected chi connectivity index (χ0v) is 21.1. The first-order chi connectivity index (χ1) is 16.0. The summed E-state index contributed by atoms with van der Waals surface area (Å²) < 4.78 is 0. The lowest BCUT2D eigenvalue weighted by atomic mass is 9.71. The quantitative estimate of drug-likeness (QED) is 0.397. The second-order valence-corrected chi connectivity index (χ2v) is 9.77. The van der Waals surface area contributed by atoms with Crippen molar-refractivity contribution in [1.82, 2.24) is 0 Å². The lowest BCUT2D eigenvalue weighted by Gasteiger charge is -2.36. The number of aliphatic hydroxyl groups is 4. The fourth-order valence-corrected chi connectivity index (χ4v) is 4.63. The van der Waals surface area contributed by atoms with Crippen LogP contribution < -0.4 is 0 Å². The Balaban J connectivity index is 2.29. The van der Waals surface area contributed by atoms with E-state index in [1.54, 1.807) is 0 Å². The first kappa shape index (κ1) is 26.1. The summed E-state index contributed by atoms with van der Waals surface area (Å²) in [5.74, 6) is -0.837. The van der Waals surface area contributed by atoms with Crippen LogP contribution in [0.3, 0.4) is 0 Å². The monoisotopic (exact) mass is 462 g/mol. The molecule has 0 aliphatic carbocycles. The van der Waals surface area contributed by atoms with Crippen molar-refractivity contribution < 1.29 is 20.4 Å². The second-order valence-electron chi connectivity index (χ2n) is 9.77. The smallest absolute Gasteiger partial charge is 0.109 e. The van der Waals surface area contributed by atoms with Crippen LogP contribution in [0.5, 0.6) is 0 Å². The molecule has 0 bridgehead atoms. The van der Waals surface area contributed by atoms with Gasteiger partial charge in [0.2, 0.25) is 0 Å². The summed E-state index contributed by atoms with van der Waals surface area (Å²) in [6.07, 6.45) is -4.25. The Labute approximate surface area is 203 Å². The number of rotatable bonds is 8. The average Bonchev–Trinajstić information content (AvgIpc) is 2.81. The van der Waals surface area contributed by atoms with E-state index >= 15 is 0 Å². The number of hydrogen-bond donors (Lipinski definition) is 4. The van der Waals surface area contributed by atoms with Gasteiger partial charge >= 0.3 is 0 Å². The molecule has 0 fully saturated rings. The van der Waals surface area contributed by atoms with Gasteiger partial charge in [-0.2, -0.15) is 0 Å². The van der Waals surface area contributed by atoms with Crippen LogP contribution in [-0.2, 0) is 0 Å². The van der Waals surface area contributed by atoms with E-state index in [-0.39, 0.29) is 5.92 Å². The summed E-state index contributed by atoms with van der Waals surface area (Å²) in [5, 5.41) is 42.0. The van der Waals surface area contributed by atoms with Gasteiger partial charge in [0, 0.05) is 11.8 Å². The minimum Gasteiger partial charge on any atom is -0.394 e.